The Balaban J connectivity index is 2.00. The normalized spacial score (nSPS) is 53.0. The molecule has 3 aliphatic rings. The minimum Gasteiger partial charge on any atom is -0.396 e. The summed E-state index contributed by atoms with van der Waals surface area (Å²) >= 11 is 0. The Morgan fingerprint density at radius 2 is 2.00 bits per heavy atom. The average Bonchev–Trinajstić information content (AvgIpc) is 2.52. The second-order valence-corrected chi connectivity index (χ2v) is 9.08. The largest absolute Gasteiger partial charge is 0.396 e. The van der Waals surface area contributed by atoms with Crippen LogP contribution in [0.5, 0.6) is 0 Å². The number of aliphatic hydroxyl groups is 3. The van der Waals surface area contributed by atoms with Crippen LogP contribution in [0.25, 0.3) is 0 Å². The molecule has 2 unspecified atom stereocenters. The number of allylic oxidation sites excluding steroid dienone is 3. The zero-order valence-corrected chi connectivity index (χ0v) is 14.8. The van der Waals surface area contributed by atoms with Gasteiger partial charge in [0, 0.05) is 5.41 Å². The maximum Gasteiger partial charge on any atom is 0.0877 e. The van der Waals surface area contributed by atoms with Gasteiger partial charge in [0.15, 0.2) is 0 Å². The number of hydrogen-bond acceptors (Lipinski definition) is 3. The highest BCUT2D eigenvalue weighted by Gasteiger charge is 2.60. The molecule has 3 heteroatoms. The molecule has 0 bridgehead atoms. The van der Waals surface area contributed by atoms with Gasteiger partial charge in [-0.3, -0.25) is 0 Å². The maximum absolute atomic E-state index is 10.5. The van der Waals surface area contributed by atoms with Crippen LogP contribution in [0.3, 0.4) is 0 Å². The van der Waals surface area contributed by atoms with Gasteiger partial charge in [-0.05, 0) is 54.8 Å². The molecule has 0 aliphatic heterocycles. The fraction of sp³-hybridized carbons (Fsp3) is 0.800. The molecule has 23 heavy (non-hydrogen) atoms. The van der Waals surface area contributed by atoms with Gasteiger partial charge in [-0.1, -0.05) is 38.5 Å². The lowest BCUT2D eigenvalue weighted by Crippen LogP contribution is -2.62. The van der Waals surface area contributed by atoms with Crippen LogP contribution in [-0.2, 0) is 0 Å². The number of hydrogen-bond donors (Lipinski definition) is 3. The summed E-state index contributed by atoms with van der Waals surface area (Å²) in [6, 6.07) is 0. The topological polar surface area (TPSA) is 60.7 Å². The molecule has 2 fully saturated rings. The molecule has 0 aromatic rings. The van der Waals surface area contributed by atoms with E-state index >= 15 is 0 Å². The fourth-order valence-electron chi connectivity index (χ4n) is 5.98. The maximum atomic E-state index is 10.5. The summed E-state index contributed by atoms with van der Waals surface area (Å²) in [5.41, 5.74) is 0.996. The van der Waals surface area contributed by atoms with E-state index in [1.54, 1.807) is 0 Å². The summed E-state index contributed by atoms with van der Waals surface area (Å²) < 4.78 is 0. The smallest absolute Gasteiger partial charge is 0.0877 e. The molecule has 3 rings (SSSR count). The highest BCUT2D eigenvalue weighted by molar-refractivity contribution is 5.26. The van der Waals surface area contributed by atoms with Crippen LogP contribution in [0.15, 0.2) is 24.3 Å². The van der Waals surface area contributed by atoms with Crippen LogP contribution in [0.1, 0.15) is 52.9 Å². The lowest BCUT2D eigenvalue weighted by atomic mass is 9.44. The Morgan fingerprint density at radius 1 is 1.30 bits per heavy atom. The minimum atomic E-state index is -0.845. The lowest BCUT2D eigenvalue weighted by molar-refractivity contribution is -0.196. The fourth-order valence-corrected chi connectivity index (χ4v) is 5.98. The second-order valence-electron chi connectivity index (χ2n) is 9.08. The van der Waals surface area contributed by atoms with Crippen LogP contribution in [-0.4, -0.2) is 34.1 Å². The van der Waals surface area contributed by atoms with E-state index in [2.05, 4.69) is 32.6 Å². The van der Waals surface area contributed by atoms with Crippen molar-refractivity contribution in [1.29, 1.82) is 0 Å². The standard InChI is InChI=1S/C20H32O3/c1-5-18(2)9-8-14-13(10-18)6-7-16-19(14,3)11-15(22)17(23)20(16,4)12-21/h5-6,14-17,21-23H,1,7-12H2,2-4H3/t14?,15-,16?,17+,18+,19-,20-/m1/s1. The first-order valence-electron chi connectivity index (χ1n) is 9.00. The number of rotatable bonds is 2. The molecule has 0 spiro atoms. The van der Waals surface area contributed by atoms with E-state index in [-0.39, 0.29) is 23.4 Å². The van der Waals surface area contributed by atoms with Crippen LogP contribution in [0, 0.1) is 28.1 Å². The molecule has 0 saturated heterocycles. The van der Waals surface area contributed by atoms with Gasteiger partial charge in [0.25, 0.3) is 0 Å². The average molecular weight is 320 g/mol. The lowest BCUT2D eigenvalue weighted by Gasteiger charge is -2.61. The molecule has 0 radical (unpaired) electrons. The molecule has 3 nitrogen and oxygen atoms in total. The quantitative estimate of drug-likeness (QED) is 0.685. The molecule has 0 aromatic heterocycles. The van der Waals surface area contributed by atoms with Crippen LogP contribution in [0.4, 0.5) is 0 Å². The van der Waals surface area contributed by atoms with Gasteiger partial charge in [0.1, 0.15) is 0 Å². The van der Waals surface area contributed by atoms with Crippen molar-refractivity contribution in [3.05, 3.63) is 24.3 Å². The van der Waals surface area contributed by atoms with Gasteiger partial charge in [-0.15, -0.1) is 6.58 Å². The van der Waals surface area contributed by atoms with Crippen molar-refractivity contribution in [2.75, 3.05) is 6.61 Å². The predicted molar refractivity (Wildman–Crippen MR) is 91.8 cm³/mol. The molecule has 0 amide bonds. The Morgan fingerprint density at radius 3 is 2.61 bits per heavy atom. The van der Waals surface area contributed by atoms with Gasteiger partial charge in [0.05, 0.1) is 18.8 Å². The molecule has 130 valence electrons. The summed E-state index contributed by atoms with van der Waals surface area (Å²) in [6.07, 6.45) is 7.64. The van der Waals surface area contributed by atoms with Gasteiger partial charge in [-0.2, -0.15) is 0 Å². The van der Waals surface area contributed by atoms with E-state index < -0.39 is 17.6 Å². The van der Waals surface area contributed by atoms with Crippen molar-refractivity contribution in [3.8, 4) is 0 Å². The molecule has 3 aliphatic carbocycles. The molecular weight excluding hydrogens is 288 g/mol. The first-order valence-corrected chi connectivity index (χ1v) is 9.00. The Hall–Kier alpha value is -0.640. The Bertz CT molecular complexity index is 527. The zero-order valence-electron chi connectivity index (χ0n) is 14.8. The van der Waals surface area contributed by atoms with Crippen molar-refractivity contribution in [2.45, 2.75) is 65.1 Å². The summed E-state index contributed by atoms with van der Waals surface area (Å²) in [6.45, 7) is 10.4. The van der Waals surface area contributed by atoms with E-state index in [1.165, 1.54) is 5.57 Å². The SMILES string of the molecule is C=C[C@@]1(C)CCC2C(=CCC3[C@]2(C)C[C@@H](O)[C@H](O)[C@]3(C)CO)C1. The Kier molecular flexibility index (Phi) is 4.06. The first-order chi connectivity index (χ1) is 10.7. The molecule has 3 N–H and O–H groups in total. The van der Waals surface area contributed by atoms with Gasteiger partial charge >= 0.3 is 0 Å². The molecule has 0 heterocycles. The molecule has 0 aromatic carbocycles. The summed E-state index contributed by atoms with van der Waals surface area (Å²) in [5.74, 6) is 0.655. The molecular formula is C20H32O3. The zero-order chi connectivity index (χ0) is 17.0. The van der Waals surface area contributed by atoms with E-state index in [0.29, 0.717) is 12.3 Å². The summed E-state index contributed by atoms with van der Waals surface area (Å²) in [5, 5.41) is 31.0. The van der Waals surface area contributed by atoms with Crippen LogP contribution in [0.2, 0.25) is 0 Å². The van der Waals surface area contributed by atoms with E-state index in [4.69, 9.17) is 0 Å². The summed E-state index contributed by atoms with van der Waals surface area (Å²) in [4.78, 5) is 0. The third-order valence-electron chi connectivity index (χ3n) is 7.59. The van der Waals surface area contributed by atoms with Crippen molar-refractivity contribution in [3.63, 3.8) is 0 Å². The van der Waals surface area contributed by atoms with Gasteiger partial charge < -0.3 is 15.3 Å². The highest BCUT2D eigenvalue weighted by Crippen LogP contribution is 2.63. The van der Waals surface area contributed by atoms with Gasteiger partial charge in [-0.25, -0.2) is 0 Å². The monoisotopic (exact) mass is 320 g/mol. The second kappa shape index (κ2) is 5.44. The third kappa shape index (κ3) is 2.35. The van der Waals surface area contributed by atoms with Crippen molar-refractivity contribution < 1.29 is 15.3 Å². The van der Waals surface area contributed by atoms with E-state index in [0.717, 1.165) is 25.7 Å². The summed E-state index contributed by atoms with van der Waals surface area (Å²) in [7, 11) is 0. The van der Waals surface area contributed by atoms with E-state index in [9.17, 15) is 15.3 Å². The van der Waals surface area contributed by atoms with Gasteiger partial charge in [0.2, 0.25) is 0 Å². The van der Waals surface area contributed by atoms with Crippen LogP contribution >= 0.6 is 0 Å². The molecule has 7 atom stereocenters. The minimum absolute atomic E-state index is 0.0529. The van der Waals surface area contributed by atoms with Crippen LogP contribution < -0.4 is 0 Å². The number of aliphatic hydroxyl groups excluding tert-OH is 3. The molecule has 2 saturated carbocycles. The Labute approximate surface area is 140 Å². The van der Waals surface area contributed by atoms with E-state index in [1.807, 2.05) is 6.92 Å². The van der Waals surface area contributed by atoms with Crippen molar-refractivity contribution >= 4 is 0 Å². The van der Waals surface area contributed by atoms with Crippen molar-refractivity contribution in [1.82, 2.24) is 0 Å². The van der Waals surface area contributed by atoms with Crippen molar-refractivity contribution in [2.24, 2.45) is 28.1 Å². The highest BCUT2D eigenvalue weighted by atomic mass is 16.3. The number of fused-ring (bicyclic) bond motifs is 3. The first kappa shape index (κ1) is 17.2. The predicted octanol–water partition coefficient (Wildman–Crippen LogP) is 3.06. The third-order valence-corrected chi connectivity index (χ3v) is 7.59.